The van der Waals surface area contributed by atoms with E-state index in [1.807, 2.05) is 24.3 Å². The Hall–Kier alpha value is -1.55. The summed E-state index contributed by atoms with van der Waals surface area (Å²) in [7, 11) is 0. The van der Waals surface area contributed by atoms with Crippen LogP contribution in [-0.2, 0) is 11.3 Å². The maximum Gasteiger partial charge on any atom is 0.258 e. The number of benzene rings is 1. The second-order valence-corrected chi connectivity index (χ2v) is 4.95. The fourth-order valence-corrected chi connectivity index (χ4v) is 1.76. The van der Waals surface area contributed by atoms with Gasteiger partial charge in [-0.3, -0.25) is 4.79 Å². The minimum absolute atomic E-state index is 0.0313. The van der Waals surface area contributed by atoms with Gasteiger partial charge in [-0.15, -0.1) is 0 Å². The standard InChI is InChI=1S/C15H22N2O2/c1-2-9-16-10-12-3-7-14(8-4-12)19-11-15(18)17-13-5-6-13/h3-4,7-8,13,16H,2,5-6,9-11H2,1H3,(H,17,18). The van der Waals surface area contributed by atoms with Gasteiger partial charge < -0.3 is 15.4 Å². The number of amides is 1. The van der Waals surface area contributed by atoms with E-state index in [9.17, 15) is 4.79 Å². The van der Waals surface area contributed by atoms with Gasteiger partial charge in [0.1, 0.15) is 5.75 Å². The van der Waals surface area contributed by atoms with Crippen molar-refractivity contribution in [2.24, 2.45) is 0 Å². The van der Waals surface area contributed by atoms with Crippen molar-refractivity contribution < 1.29 is 9.53 Å². The molecule has 0 radical (unpaired) electrons. The lowest BCUT2D eigenvalue weighted by atomic mass is 10.2. The first kappa shape index (κ1) is 13.9. The Bertz CT molecular complexity index is 399. The zero-order valence-electron chi connectivity index (χ0n) is 11.4. The van der Waals surface area contributed by atoms with Crippen LogP contribution in [0.15, 0.2) is 24.3 Å². The van der Waals surface area contributed by atoms with Crippen molar-refractivity contribution in [2.45, 2.75) is 38.8 Å². The number of carbonyl (C=O) groups excluding carboxylic acids is 1. The Kier molecular flexibility index (Phi) is 5.21. The Morgan fingerprint density at radius 2 is 2.05 bits per heavy atom. The molecule has 1 fully saturated rings. The predicted molar refractivity (Wildman–Crippen MR) is 75.1 cm³/mol. The van der Waals surface area contributed by atoms with Gasteiger partial charge in [0.05, 0.1) is 0 Å². The minimum atomic E-state index is -0.0313. The number of hydrogen-bond donors (Lipinski definition) is 2. The normalized spacial score (nSPS) is 14.2. The molecule has 19 heavy (non-hydrogen) atoms. The lowest BCUT2D eigenvalue weighted by molar-refractivity contribution is -0.123. The summed E-state index contributed by atoms with van der Waals surface area (Å²) in [5, 5.41) is 6.24. The molecule has 1 aromatic carbocycles. The van der Waals surface area contributed by atoms with Gasteiger partial charge in [-0.1, -0.05) is 19.1 Å². The second kappa shape index (κ2) is 7.14. The van der Waals surface area contributed by atoms with Gasteiger partial charge in [-0.05, 0) is 43.5 Å². The van der Waals surface area contributed by atoms with Crippen molar-refractivity contribution in [3.8, 4) is 5.75 Å². The molecule has 4 heteroatoms. The first-order chi connectivity index (χ1) is 9.28. The topological polar surface area (TPSA) is 50.4 Å². The van der Waals surface area contributed by atoms with Crippen LogP contribution in [0, 0.1) is 0 Å². The zero-order chi connectivity index (χ0) is 13.5. The van der Waals surface area contributed by atoms with Crippen molar-refractivity contribution in [3.63, 3.8) is 0 Å². The number of hydrogen-bond acceptors (Lipinski definition) is 3. The van der Waals surface area contributed by atoms with Crippen LogP contribution in [0.2, 0.25) is 0 Å². The molecule has 0 spiro atoms. The van der Waals surface area contributed by atoms with Crippen LogP contribution in [0.5, 0.6) is 5.75 Å². The molecule has 0 bridgehead atoms. The van der Waals surface area contributed by atoms with E-state index < -0.39 is 0 Å². The predicted octanol–water partition coefficient (Wildman–Crippen LogP) is 1.84. The fourth-order valence-electron chi connectivity index (χ4n) is 1.76. The first-order valence-corrected chi connectivity index (χ1v) is 6.99. The summed E-state index contributed by atoms with van der Waals surface area (Å²) in [6.07, 6.45) is 3.34. The smallest absolute Gasteiger partial charge is 0.258 e. The van der Waals surface area contributed by atoms with Crippen molar-refractivity contribution in [1.29, 1.82) is 0 Å². The summed E-state index contributed by atoms with van der Waals surface area (Å²) < 4.78 is 5.44. The van der Waals surface area contributed by atoms with Crippen molar-refractivity contribution in [2.75, 3.05) is 13.2 Å². The van der Waals surface area contributed by atoms with Crippen LogP contribution in [-0.4, -0.2) is 25.1 Å². The highest BCUT2D eigenvalue weighted by Crippen LogP contribution is 2.18. The molecule has 0 heterocycles. The van der Waals surface area contributed by atoms with Crippen LogP contribution in [0.25, 0.3) is 0 Å². The van der Waals surface area contributed by atoms with Gasteiger partial charge in [0, 0.05) is 12.6 Å². The highest BCUT2D eigenvalue weighted by molar-refractivity contribution is 5.78. The molecule has 2 rings (SSSR count). The van der Waals surface area contributed by atoms with Gasteiger partial charge in [0.15, 0.2) is 6.61 Å². The van der Waals surface area contributed by atoms with Crippen molar-refractivity contribution in [1.82, 2.24) is 10.6 Å². The van der Waals surface area contributed by atoms with E-state index in [4.69, 9.17) is 4.74 Å². The van der Waals surface area contributed by atoms with E-state index in [-0.39, 0.29) is 12.5 Å². The van der Waals surface area contributed by atoms with E-state index in [0.29, 0.717) is 6.04 Å². The highest BCUT2D eigenvalue weighted by atomic mass is 16.5. The van der Waals surface area contributed by atoms with Crippen molar-refractivity contribution >= 4 is 5.91 Å². The molecule has 4 nitrogen and oxygen atoms in total. The summed E-state index contributed by atoms with van der Waals surface area (Å²) in [5.41, 5.74) is 1.23. The van der Waals surface area contributed by atoms with Crippen LogP contribution in [0.1, 0.15) is 31.7 Å². The average molecular weight is 262 g/mol. The summed E-state index contributed by atoms with van der Waals surface area (Å²) in [4.78, 5) is 11.5. The molecular weight excluding hydrogens is 240 g/mol. The summed E-state index contributed by atoms with van der Waals surface area (Å²) in [6.45, 7) is 4.15. The molecule has 0 atom stereocenters. The first-order valence-electron chi connectivity index (χ1n) is 6.99. The third-order valence-electron chi connectivity index (χ3n) is 2.99. The quantitative estimate of drug-likeness (QED) is 0.703. The van der Waals surface area contributed by atoms with Gasteiger partial charge >= 0.3 is 0 Å². The van der Waals surface area contributed by atoms with E-state index in [0.717, 1.165) is 38.1 Å². The van der Waals surface area contributed by atoms with Gasteiger partial charge in [-0.25, -0.2) is 0 Å². The molecule has 2 N–H and O–H groups in total. The van der Waals surface area contributed by atoms with Gasteiger partial charge in [0.25, 0.3) is 5.91 Å². The molecule has 1 aliphatic carbocycles. The molecule has 1 saturated carbocycles. The fraction of sp³-hybridized carbons (Fsp3) is 0.533. The van der Waals surface area contributed by atoms with Gasteiger partial charge in [0.2, 0.25) is 0 Å². The Labute approximate surface area is 114 Å². The number of rotatable bonds is 8. The lowest BCUT2D eigenvalue weighted by Gasteiger charge is -2.08. The third-order valence-corrected chi connectivity index (χ3v) is 2.99. The molecule has 0 unspecified atom stereocenters. The maximum atomic E-state index is 11.5. The second-order valence-electron chi connectivity index (χ2n) is 4.95. The molecule has 0 aliphatic heterocycles. The van der Waals surface area contributed by atoms with E-state index >= 15 is 0 Å². The number of ether oxygens (including phenoxy) is 1. The average Bonchev–Trinajstić information content (AvgIpc) is 3.22. The minimum Gasteiger partial charge on any atom is -0.484 e. The molecule has 0 saturated heterocycles. The number of carbonyl (C=O) groups is 1. The Morgan fingerprint density at radius 1 is 1.32 bits per heavy atom. The molecular formula is C15H22N2O2. The zero-order valence-corrected chi connectivity index (χ0v) is 11.4. The van der Waals surface area contributed by atoms with Gasteiger partial charge in [-0.2, -0.15) is 0 Å². The monoisotopic (exact) mass is 262 g/mol. The molecule has 1 amide bonds. The van der Waals surface area contributed by atoms with E-state index in [1.54, 1.807) is 0 Å². The maximum absolute atomic E-state index is 11.5. The molecule has 104 valence electrons. The summed E-state index contributed by atoms with van der Waals surface area (Å²) in [6, 6.07) is 8.26. The summed E-state index contributed by atoms with van der Waals surface area (Å²) >= 11 is 0. The lowest BCUT2D eigenvalue weighted by Crippen LogP contribution is -2.30. The largest absolute Gasteiger partial charge is 0.484 e. The third kappa shape index (κ3) is 5.30. The molecule has 1 aromatic rings. The van der Waals surface area contributed by atoms with Crippen LogP contribution in [0.3, 0.4) is 0 Å². The van der Waals surface area contributed by atoms with Crippen LogP contribution >= 0.6 is 0 Å². The van der Waals surface area contributed by atoms with Crippen LogP contribution < -0.4 is 15.4 Å². The summed E-state index contributed by atoms with van der Waals surface area (Å²) in [5.74, 6) is 0.710. The SMILES string of the molecule is CCCNCc1ccc(OCC(=O)NC2CC2)cc1. The number of nitrogens with one attached hydrogen (secondary N) is 2. The van der Waals surface area contributed by atoms with E-state index in [1.165, 1.54) is 5.56 Å². The molecule has 0 aromatic heterocycles. The van der Waals surface area contributed by atoms with Crippen LogP contribution in [0.4, 0.5) is 0 Å². The molecule has 1 aliphatic rings. The Morgan fingerprint density at radius 3 is 2.68 bits per heavy atom. The Balaban J connectivity index is 1.69. The van der Waals surface area contributed by atoms with Crippen molar-refractivity contribution in [3.05, 3.63) is 29.8 Å². The van der Waals surface area contributed by atoms with E-state index in [2.05, 4.69) is 17.6 Å². The highest BCUT2D eigenvalue weighted by Gasteiger charge is 2.23.